The van der Waals surface area contributed by atoms with E-state index in [-0.39, 0.29) is 5.75 Å². The van der Waals surface area contributed by atoms with Gasteiger partial charge in [0.15, 0.2) is 11.6 Å². The van der Waals surface area contributed by atoms with Crippen LogP contribution in [0.1, 0.15) is 31.9 Å². The molecule has 0 saturated heterocycles. The van der Waals surface area contributed by atoms with E-state index in [0.717, 1.165) is 12.0 Å². The number of methoxy groups -OCH3 is 1. The molecule has 0 bridgehead atoms. The van der Waals surface area contributed by atoms with Crippen LogP contribution in [0, 0.1) is 5.82 Å². The van der Waals surface area contributed by atoms with Gasteiger partial charge in [0.25, 0.3) is 0 Å². The third-order valence-electron chi connectivity index (χ3n) is 2.37. The Bertz CT molecular complexity index is 353. The standard InChI is InChI=1S/C12H17FO2/c1-5-8-6-9(12(2,3)14)11(15-4)10(13)7-8/h6-7,14H,5H2,1-4H3. The minimum Gasteiger partial charge on any atom is -0.493 e. The molecule has 0 amide bonds. The van der Waals surface area contributed by atoms with E-state index in [2.05, 4.69) is 0 Å². The maximum Gasteiger partial charge on any atom is 0.165 e. The highest BCUT2D eigenvalue weighted by molar-refractivity contribution is 5.42. The van der Waals surface area contributed by atoms with Crippen LogP contribution in [0.15, 0.2) is 12.1 Å². The average Bonchev–Trinajstić information content (AvgIpc) is 2.15. The summed E-state index contributed by atoms with van der Waals surface area (Å²) in [5.74, 6) is -0.298. The molecule has 1 rings (SSSR count). The Kier molecular flexibility index (Phi) is 3.35. The molecule has 0 heterocycles. The number of ether oxygens (including phenoxy) is 1. The molecule has 15 heavy (non-hydrogen) atoms. The van der Waals surface area contributed by atoms with Gasteiger partial charge in [-0.2, -0.15) is 0 Å². The quantitative estimate of drug-likeness (QED) is 0.834. The smallest absolute Gasteiger partial charge is 0.165 e. The van der Waals surface area contributed by atoms with Crippen molar-refractivity contribution in [1.29, 1.82) is 0 Å². The number of aryl methyl sites for hydroxylation is 1. The van der Waals surface area contributed by atoms with Crippen LogP contribution in [-0.4, -0.2) is 12.2 Å². The molecule has 0 unspecified atom stereocenters. The van der Waals surface area contributed by atoms with E-state index in [0.29, 0.717) is 5.56 Å². The lowest BCUT2D eigenvalue weighted by Crippen LogP contribution is -2.18. The van der Waals surface area contributed by atoms with Crippen LogP contribution in [0.25, 0.3) is 0 Å². The summed E-state index contributed by atoms with van der Waals surface area (Å²) in [6.45, 7) is 5.17. The van der Waals surface area contributed by atoms with E-state index < -0.39 is 11.4 Å². The molecule has 0 spiro atoms. The van der Waals surface area contributed by atoms with E-state index in [4.69, 9.17) is 4.74 Å². The lowest BCUT2D eigenvalue weighted by Gasteiger charge is -2.22. The van der Waals surface area contributed by atoms with Gasteiger partial charge in [-0.3, -0.25) is 0 Å². The number of hydrogen-bond acceptors (Lipinski definition) is 2. The topological polar surface area (TPSA) is 29.5 Å². The van der Waals surface area contributed by atoms with Gasteiger partial charge in [-0.15, -0.1) is 0 Å². The van der Waals surface area contributed by atoms with Crippen molar-refractivity contribution in [3.8, 4) is 5.75 Å². The molecule has 84 valence electrons. The van der Waals surface area contributed by atoms with E-state index in [9.17, 15) is 9.50 Å². The Morgan fingerprint density at radius 1 is 1.40 bits per heavy atom. The van der Waals surface area contributed by atoms with Gasteiger partial charge >= 0.3 is 0 Å². The molecule has 0 saturated carbocycles. The molecule has 2 nitrogen and oxygen atoms in total. The number of halogens is 1. The first kappa shape index (κ1) is 12.0. The van der Waals surface area contributed by atoms with Crippen molar-refractivity contribution in [1.82, 2.24) is 0 Å². The van der Waals surface area contributed by atoms with E-state index in [1.54, 1.807) is 19.9 Å². The Balaban J connectivity index is 3.39. The van der Waals surface area contributed by atoms with Gasteiger partial charge in [-0.25, -0.2) is 4.39 Å². The summed E-state index contributed by atoms with van der Waals surface area (Å²) in [5.41, 5.74) is 0.240. The highest BCUT2D eigenvalue weighted by Gasteiger charge is 2.24. The maximum absolute atomic E-state index is 13.6. The van der Waals surface area contributed by atoms with Gasteiger partial charge < -0.3 is 9.84 Å². The van der Waals surface area contributed by atoms with Crippen LogP contribution in [0.2, 0.25) is 0 Å². The van der Waals surface area contributed by atoms with Crippen molar-refractivity contribution in [3.05, 3.63) is 29.1 Å². The Labute approximate surface area is 89.7 Å². The van der Waals surface area contributed by atoms with Crippen molar-refractivity contribution in [2.75, 3.05) is 7.11 Å². The van der Waals surface area contributed by atoms with Gasteiger partial charge in [-0.1, -0.05) is 6.92 Å². The molecule has 0 radical (unpaired) electrons. The fourth-order valence-electron chi connectivity index (χ4n) is 1.52. The Morgan fingerprint density at radius 3 is 2.40 bits per heavy atom. The normalized spacial score (nSPS) is 11.6. The zero-order valence-electron chi connectivity index (χ0n) is 9.60. The third kappa shape index (κ3) is 2.48. The van der Waals surface area contributed by atoms with Crippen LogP contribution >= 0.6 is 0 Å². The summed E-state index contributed by atoms with van der Waals surface area (Å²) in [6.07, 6.45) is 0.726. The summed E-state index contributed by atoms with van der Waals surface area (Å²) < 4.78 is 18.6. The van der Waals surface area contributed by atoms with Gasteiger partial charge in [0.2, 0.25) is 0 Å². The van der Waals surface area contributed by atoms with Crippen molar-refractivity contribution in [2.24, 2.45) is 0 Å². The highest BCUT2D eigenvalue weighted by Crippen LogP contribution is 2.33. The average molecular weight is 212 g/mol. The summed E-state index contributed by atoms with van der Waals surface area (Å²) in [7, 11) is 1.40. The molecule has 1 aromatic carbocycles. The number of aliphatic hydroxyl groups is 1. The molecular weight excluding hydrogens is 195 g/mol. The molecule has 0 aromatic heterocycles. The summed E-state index contributed by atoms with van der Waals surface area (Å²) in [6, 6.07) is 3.22. The fraction of sp³-hybridized carbons (Fsp3) is 0.500. The largest absolute Gasteiger partial charge is 0.493 e. The van der Waals surface area contributed by atoms with E-state index in [1.165, 1.54) is 13.2 Å². The minimum absolute atomic E-state index is 0.125. The summed E-state index contributed by atoms with van der Waals surface area (Å²) in [5, 5.41) is 9.90. The molecule has 0 fully saturated rings. The molecule has 0 aliphatic carbocycles. The minimum atomic E-state index is -1.10. The number of rotatable bonds is 3. The number of hydrogen-bond donors (Lipinski definition) is 1. The number of benzene rings is 1. The Morgan fingerprint density at radius 2 is 2.00 bits per heavy atom. The maximum atomic E-state index is 13.6. The molecule has 0 aliphatic rings. The second-order valence-electron chi connectivity index (χ2n) is 4.07. The third-order valence-corrected chi connectivity index (χ3v) is 2.37. The van der Waals surface area contributed by atoms with Gasteiger partial charge in [0.1, 0.15) is 0 Å². The van der Waals surface area contributed by atoms with Gasteiger partial charge in [0.05, 0.1) is 12.7 Å². The fourth-order valence-corrected chi connectivity index (χ4v) is 1.52. The molecular formula is C12H17FO2. The van der Waals surface area contributed by atoms with Crippen LogP contribution in [0.5, 0.6) is 5.75 Å². The van der Waals surface area contributed by atoms with Crippen molar-refractivity contribution < 1.29 is 14.2 Å². The molecule has 0 atom stereocenters. The van der Waals surface area contributed by atoms with Crippen molar-refractivity contribution in [3.63, 3.8) is 0 Å². The SMILES string of the molecule is CCc1cc(F)c(OC)c(C(C)(C)O)c1. The van der Waals surface area contributed by atoms with Gasteiger partial charge in [-0.05, 0) is 38.0 Å². The molecule has 0 aliphatic heterocycles. The second-order valence-corrected chi connectivity index (χ2v) is 4.07. The van der Waals surface area contributed by atoms with Crippen LogP contribution in [-0.2, 0) is 12.0 Å². The van der Waals surface area contributed by atoms with Crippen LogP contribution in [0.3, 0.4) is 0 Å². The first-order chi connectivity index (χ1) is 6.90. The van der Waals surface area contributed by atoms with Crippen molar-refractivity contribution >= 4 is 0 Å². The van der Waals surface area contributed by atoms with Crippen LogP contribution in [0.4, 0.5) is 4.39 Å². The van der Waals surface area contributed by atoms with Crippen molar-refractivity contribution in [2.45, 2.75) is 32.8 Å². The predicted octanol–water partition coefficient (Wildman–Crippen LogP) is 2.62. The first-order valence-corrected chi connectivity index (χ1v) is 4.99. The molecule has 1 N–H and O–H groups in total. The lowest BCUT2D eigenvalue weighted by molar-refractivity contribution is 0.0748. The zero-order valence-corrected chi connectivity index (χ0v) is 9.60. The molecule has 1 aromatic rings. The summed E-state index contributed by atoms with van der Waals surface area (Å²) in [4.78, 5) is 0. The monoisotopic (exact) mass is 212 g/mol. The summed E-state index contributed by atoms with van der Waals surface area (Å²) >= 11 is 0. The predicted molar refractivity (Wildman–Crippen MR) is 57.6 cm³/mol. The highest BCUT2D eigenvalue weighted by atomic mass is 19.1. The van der Waals surface area contributed by atoms with Gasteiger partial charge in [0, 0.05) is 5.56 Å². The van der Waals surface area contributed by atoms with Crippen LogP contribution < -0.4 is 4.74 Å². The molecule has 3 heteroatoms. The van der Waals surface area contributed by atoms with E-state index >= 15 is 0 Å². The Hall–Kier alpha value is -1.09. The first-order valence-electron chi connectivity index (χ1n) is 4.99. The second kappa shape index (κ2) is 4.19. The van der Waals surface area contributed by atoms with E-state index in [1.807, 2.05) is 6.92 Å². The lowest BCUT2D eigenvalue weighted by atomic mass is 9.94. The zero-order chi connectivity index (χ0) is 11.6.